The smallest absolute Gasteiger partial charge is 0.407 e. The van der Waals surface area contributed by atoms with Crippen LogP contribution in [0, 0.1) is 5.92 Å². The number of benzene rings is 2. The zero-order chi connectivity index (χ0) is 24.9. The number of carbonyl (C=O) groups excluding carboxylic acids is 2. The van der Waals surface area contributed by atoms with Crippen molar-refractivity contribution in [2.45, 2.75) is 25.3 Å². The summed E-state index contributed by atoms with van der Waals surface area (Å²) in [5.41, 5.74) is 4.95. The molecular weight excluding hydrogens is 448 g/mol. The van der Waals surface area contributed by atoms with Gasteiger partial charge in [0.1, 0.15) is 6.61 Å². The van der Waals surface area contributed by atoms with Crippen LogP contribution in [0.1, 0.15) is 42.1 Å². The molecule has 9 nitrogen and oxygen atoms in total. The van der Waals surface area contributed by atoms with Crippen molar-refractivity contribution < 1.29 is 24.2 Å². The summed E-state index contributed by atoms with van der Waals surface area (Å²) in [6.45, 7) is 2.22. The maximum atomic E-state index is 12.4. The molecule has 9 heteroatoms. The maximum Gasteiger partial charge on any atom is 0.407 e. The maximum absolute atomic E-state index is 12.4. The first-order chi connectivity index (χ1) is 16.8. The summed E-state index contributed by atoms with van der Waals surface area (Å²) in [7, 11) is 1.61. The minimum Gasteiger partial charge on any atom is -0.479 e. The van der Waals surface area contributed by atoms with Crippen molar-refractivity contribution >= 4 is 18.0 Å². The minimum atomic E-state index is -1.20. The molecule has 1 heterocycles. The van der Waals surface area contributed by atoms with Crippen molar-refractivity contribution in [2.75, 3.05) is 13.2 Å². The van der Waals surface area contributed by atoms with Crippen LogP contribution in [-0.4, -0.2) is 46.0 Å². The first kappa shape index (κ1) is 24.0. The summed E-state index contributed by atoms with van der Waals surface area (Å²) in [5, 5.41) is 18.6. The summed E-state index contributed by atoms with van der Waals surface area (Å²) in [5.74, 6) is -1.86. The number of carbonyl (C=O) groups is 3. The van der Waals surface area contributed by atoms with Crippen molar-refractivity contribution in [1.82, 2.24) is 20.4 Å². The molecule has 0 spiro atoms. The van der Waals surface area contributed by atoms with E-state index in [9.17, 15) is 19.5 Å². The predicted molar refractivity (Wildman–Crippen MR) is 129 cm³/mol. The Labute approximate surface area is 203 Å². The number of aromatic nitrogens is 2. The molecule has 1 aromatic heterocycles. The normalized spacial score (nSPS) is 13.9. The Hall–Kier alpha value is -4.14. The largest absolute Gasteiger partial charge is 0.479 e. The van der Waals surface area contributed by atoms with Gasteiger partial charge in [0.05, 0.1) is 5.69 Å². The number of alkyl carbamates (subject to hydrolysis) is 1. The van der Waals surface area contributed by atoms with Crippen molar-refractivity contribution in [3.63, 3.8) is 0 Å². The van der Waals surface area contributed by atoms with Crippen LogP contribution in [0.3, 0.4) is 0 Å². The molecule has 0 radical (unpaired) electrons. The topological polar surface area (TPSA) is 123 Å². The number of aliphatic carboxylic acids is 1. The van der Waals surface area contributed by atoms with E-state index in [2.05, 4.69) is 40.0 Å². The van der Waals surface area contributed by atoms with Gasteiger partial charge in [-0.1, -0.05) is 55.5 Å². The van der Waals surface area contributed by atoms with Crippen LogP contribution in [0.5, 0.6) is 0 Å². The van der Waals surface area contributed by atoms with Gasteiger partial charge in [0.25, 0.3) is 0 Å². The molecule has 0 saturated heterocycles. The van der Waals surface area contributed by atoms with Crippen LogP contribution in [0.2, 0.25) is 0 Å². The molecule has 1 aliphatic rings. The van der Waals surface area contributed by atoms with E-state index in [0.29, 0.717) is 5.69 Å². The van der Waals surface area contributed by atoms with Crippen molar-refractivity contribution in [2.24, 2.45) is 13.0 Å². The molecule has 0 saturated carbocycles. The van der Waals surface area contributed by atoms with Gasteiger partial charge in [-0.3, -0.25) is 9.48 Å². The number of aryl methyl sites for hydroxylation is 1. The molecule has 0 aliphatic heterocycles. The molecule has 1 aliphatic carbocycles. The average Bonchev–Trinajstić information content (AvgIpc) is 3.40. The fraction of sp³-hybridized carbons (Fsp3) is 0.308. The summed E-state index contributed by atoms with van der Waals surface area (Å²) in [4.78, 5) is 36.3. The predicted octanol–water partition coefficient (Wildman–Crippen LogP) is 3.23. The molecule has 0 fully saturated rings. The number of carboxylic acids is 1. The third-order valence-electron chi connectivity index (χ3n) is 6.18. The van der Waals surface area contributed by atoms with E-state index in [1.807, 2.05) is 24.3 Å². The standard InChI is InChI=1S/C26H28N4O5/c1-16(13-23(31)29-24(25(32)33)22-11-12-28-30(22)2)14-27-26(34)35-15-21-19-9-5-3-7-17(19)18-8-4-6-10-20(18)21/h3-12,16,21,24H,13-15H2,1-2H3,(H,27,34)(H,29,31)(H,32,33). The third kappa shape index (κ3) is 5.34. The number of hydrogen-bond acceptors (Lipinski definition) is 5. The van der Waals surface area contributed by atoms with Gasteiger partial charge in [0.15, 0.2) is 6.04 Å². The van der Waals surface area contributed by atoms with Crippen molar-refractivity contribution in [3.8, 4) is 11.1 Å². The number of fused-ring (bicyclic) bond motifs is 3. The minimum absolute atomic E-state index is 0.0312. The van der Waals surface area contributed by atoms with Gasteiger partial charge in [0, 0.05) is 32.1 Å². The Balaban J connectivity index is 1.26. The molecular formula is C26H28N4O5. The third-order valence-corrected chi connectivity index (χ3v) is 6.18. The van der Waals surface area contributed by atoms with Crippen molar-refractivity contribution in [3.05, 3.63) is 77.6 Å². The highest BCUT2D eigenvalue weighted by Crippen LogP contribution is 2.44. The lowest BCUT2D eigenvalue weighted by atomic mass is 9.98. The van der Waals surface area contributed by atoms with Gasteiger partial charge >= 0.3 is 12.1 Å². The summed E-state index contributed by atoms with van der Waals surface area (Å²) in [6.07, 6.45) is 0.960. The van der Waals surface area contributed by atoms with E-state index in [1.54, 1.807) is 20.0 Å². The fourth-order valence-corrected chi connectivity index (χ4v) is 4.45. The van der Waals surface area contributed by atoms with Gasteiger partial charge < -0.3 is 20.5 Å². The Morgan fingerprint density at radius 2 is 1.69 bits per heavy atom. The Morgan fingerprint density at radius 1 is 1.06 bits per heavy atom. The molecule has 3 N–H and O–H groups in total. The van der Waals surface area contributed by atoms with E-state index < -0.39 is 24.0 Å². The molecule has 3 aromatic rings. The SMILES string of the molecule is CC(CNC(=O)OCC1c2ccccc2-c2ccccc21)CC(=O)NC(C(=O)O)c1ccnn1C. The van der Waals surface area contributed by atoms with Crippen LogP contribution < -0.4 is 10.6 Å². The number of nitrogens with zero attached hydrogens (tertiary/aromatic N) is 2. The van der Waals surface area contributed by atoms with Crippen LogP contribution >= 0.6 is 0 Å². The van der Waals surface area contributed by atoms with Crippen LogP contribution in [0.4, 0.5) is 4.79 Å². The lowest BCUT2D eigenvalue weighted by Gasteiger charge is -2.18. The second kappa shape index (κ2) is 10.4. The Kier molecular flexibility index (Phi) is 7.14. The highest BCUT2D eigenvalue weighted by Gasteiger charge is 2.29. The van der Waals surface area contributed by atoms with E-state index in [4.69, 9.17) is 4.74 Å². The number of nitrogens with one attached hydrogen (secondary N) is 2. The number of carboxylic acid groups (broad SMARTS) is 1. The zero-order valence-electron chi connectivity index (χ0n) is 19.6. The number of amides is 2. The molecule has 0 bridgehead atoms. The van der Waals surface area contributed by atoms with Crippen molar-refractivity contribution in [1.29, 1.82) is 0 Å². The fourth-order valence-electron chi connectivity index (χ4n) is 4.45. The summed E-state index contributed by atoms with van der Waals surface area (Å²) < 4.78 is 6.92. The second-order valence-corrected chi connectivity index (χ2v) is 8.73. The lowest BCUT2D eigenvalue weighted by Crippen LogP contribution is -2.37. The second-order valence-electron chi connectivity index (χ2n) is 8.73. The van der Waals surface area contributed by atoms with Gasteiger partial charge in [-0.15, -0.1) is 0 Å². The van der Waals surface area contributed by atoms with Gasteiger partial charge in [-0.05, 0) is 34.2 Å². The van der Waals surface area contributed by atoms with Crippen LogP contribution in [-0.2, 0) is 21.4 Å². The average molecular weight is 477 g/mol. The molecule has 2 atom stereocenters. The molecule has 35 heavy (non-hydrogen) atoms. The van der Waals surface area contributed by atoms with Crippen LogP contribution in [0.15, 0.2) is 60.8 Å². The summed E-state index contributed by atoms with van der Waals surface area (Å²) in [6, 6.07) is 16.6. The first-order valence-electron chi connectivity index (χ1n) is 11.4. The molecule has 4 rings (SSSR count). The molecule has 182 valence electrons. The van der Waals surface area contributed by atoms with E-state index in [0.717, 1.165) is 22.3 Å². The number of rotatable bonds is 9. The monoisotopic (exact) mass is 476 g/mol. The van der Waals surface area contributed by atoms with Gasteiger partial charge in [-0.25, -0.2) is 9.59 Å². The number of ether oxygens (including phenoxy) is 1. The molecule has 2 amide bonds. The Bertz CT molecular complexity index is 1190. The lowest BCUT2D eigenvalue weighted by molar-refractivity contribution is -0.142. The van der Waals surface area contributed by atoms with Gasteiger partial charge in [-0.2, -0.15) is 5.10 Å². The highest BCUT2D eigenvalue weighted by molar-refractivity contribution is 5.84. The first-order valence-corrected chi connectivity index (χ1v) is 11.4. The quantitative estimate of drug-likeness (QED) is 0.436. The van der Waals surface area contributed by atoms with E-state index in [-0.39, 0.29) is 31.4 Å². The Morgan fingerprint density at radius 3 is 2.26 bits per heavy atom. The summed E-state index contributed by atoms with van der Waals surface area (Å²) >= 11 is 0. The van der Waals surface area contributed by atoms with E-state index in [1.165, 1.54) is 10.9 Å². The van der Waals surface area contributed by atoms with E-state index >= 15 is 0 Å². The van der Waals surface area contributed by atoms with Crippen LogP contribution in [0.25, 0.3) is 11.1 Å². The van der Waals surface area contributed by atoms with Gasteiger partial charge in [0.2, 0.25) is 5.91 Å². The highest BCUT2D eigenvalue weighted by atomic mass is 16.5. The number of hydrogen-bond donors (Lipinski definition) is 3. The zero-order valence-corrected chi connectivity index (χ0v) is 19.6. The molecule has 2 aromatic carbocycles. The molecule has 2 unspecified atom stereocenters.